The van der Waals surface area contributed by atoms with E-state index < -0.39 is 6.10 Å². The van der Waals surface area contributed by atoms with Crippen molar-refractivity contribution in [1.29, 1.82) is 0 Å². The number of rotatable bonds is 1. The number of halogens is 1. The Morgan fingerprint density at radius 1 is 1.57 bits per heavy atom. The van der Waals surface area contributed by atoms with Crippen molar-refractivity contribution in [1.82, 2.24) is 0 Å². The quantitative estimate of drug-likeness (QED) is 0.743. The highest BCUT2D eigenvalue weighted by Crippen LogP contribution is 2.29. The Bertz CT molecular complexity index is 336. The minimum Gasteiger partial charge on any atom is -0.487 e. The highest BCUT2D eigenvalue weighted by Gasteiger charge is 2.23. The highest BCUT2D eigenvalue weighted by molar-refractivity contribution is 5.35. The number of benzene rings is 1. The van der Waals surface area contributed by atoms with E-state index in [0.29, 0.717) is 5.75 Å². The van der Waals surface area contributed by atoms with Crippen LogP contribution >= 0.6 is 0 Å². The molecule has 0 spiro atoms. The minimum absolute atomic E-state index is 0.159. The molecule has 2 atom stereocenters. The van der Waals surface area contributed by atoms with Gasteiger partial charge >= 0.3 is 0 Å². The van der Waals surface area contributed by atoms with Crippen molar-refractivity contribution < 1.29 is 14.2 Å². The van der Waals surface area contributed by atoms with Crippen LogP contribution in [0.15, 0.2) is 18.2 Å². The zero-order valence-corrected chi connectivity index (χ0v) is 8.03. The van der Waals surface area contributed by atoms with Gasteiger partial charge in [-0.15, -0.1) is 0 Å². The third-order valence-corrected chi connectivity index (χ3v) is 2.54. The molecule has 0 saturated carbocycles. The normalized spacial score (nSPS) is 22.4. The lowest BCUT2D eigenvalue weighted by Gasteiger charge is -2.27. The SMILES string of the molecule is CC(O)C1CCc2cc(F)ccc2O1. The molecule has 1 heterocycles. The summed E-state index contributed by atoms with van der Waals surface area (Å²) in [6.45, 7) is 1.71. The van der Waals surface area contributed by atoms with Crippen LogP contribution < -0.4 is 4.74 Å². The summed E-state index contributed by atoms with van der Waals surface area (Å²) in [4.78, 5) is 0. The van der Waals surface area contributed by atoms with Gasteiger partial charge in [0.2, 0.25) is 0 Å². The number of hydrogen-bond acceptors (Lipinski definition) is 2. The molecule has 0 amide bonds. The Morgan fingerprint density at radius 3 is 3.07 bits per heavy atom. The van der Waals surface area contributed by atoms with E-state index in [1.807, 2.05) is 0 Å². The van der Waals surface area contributed by atoms with Crippen LogP contribution in [0.1, 0.15) is 18.9 Å². The second-order valence-electron chi connectivity index (χ2n) is 3.69. The molecule has 14 heavy (non-hydrogen) atoms. The van der Waals surface area contributed by atoms with E-state index in [4.69, 9.17) is 4.74 Å². The van der Waals surface area contributed by atoms with Gasteiger partial charge < -0.3 is 9.84 Å². The van der Waals surface area contributed by atoms with Crippen molar-refractivity contribution in [2.24, 2.45) is 0 Å². The van der Waals surface area contributed by atoms with Gasteiger partial charge in [0.15, 0.2) is 0 Å². The third kappa shape index (κ3) is 1.73. The molecule has 76 valence electrons. The number of fused-ring (bicyclic) bond motifs is 1. The molecule has 3 heteroatoms. The first-order valence-corrected chi connectivity index (χ1v) is 4.80. The molecule has 0 bridgehead atoms. The predicted octanol–water partition coefficient (Wildman–Crippen LogP) is 1.90. The van der Waals surface area contributed by atoms with Gasteiger partial charge in [-0.3, -0.25) is 0 Å². The molecule has 0 fully saturated rings. The van der Waals surface area contributed by atoms with Gasteiger partial charge in [0, 0.05) is 0 Å². The molecule has 1 aliphatic rings. The predicted molar refractivity (Wildman–Crippen MR) is 50.8 cm³/mol. The first-order chi connectivity index (χ1) is 6.66. The van der Waals surface area contributed by atoms with Gasteiger partial charge in [-0.05, 0) is 43.5 Å². The van der Waals surface area contributed by atoms with Crippen molar-refractivity contribution in [2.45, 2.75) is 32.0 Å². The van der Waals surface area contributed by atoms with E-state index in [0.717, 1.165) is 18.4 Å². The zero-order chi connectivity index (χ0) is 10.1. The summed E-state index contributed by atoms with van der Waals surface area (Å²) < 4.78 is 18.4. The summed E-state index contributed by atoms with van der Waals surface area (Å²) in [5.74, 6) is 0.464. The lowest BCUT2D eigenvalue weighted by molar-refractivity contribution is 0.0356. The molecule has 1 aromatic rings. The van der Waals surface area contributed by atoms with Crippen molar-refractivity contribution in [3.63, 3.8) is 0 Å². The summed E-state index contributed by atoms with van der Waals surface area (Å²) in [6.07, 6.45) is 0.873. The van der Waals surface area contributed by atoms with Gasteiger partial charge in [-0.2, -0.15) is 0 Å². The molecule has 0 saturated heterocycles. The Labute approximate surface area is 82.3 Å². The summed E-state index contributed by atoms with van der Waals surface area (Å²) in [5, 5.41) is 9.36. The van der Waals surface area contributed by atoms with Gasteiger partial charge in [0.05, 0.1) is 6.10 Å². The van der Waals surface area contributed by atoms with Crippen molar-refractivity contribution in [3.05, 3.63) is 29.6 Å². The first-order valence-electron chi connectivity index (χ1n) is 4.80. The maximum absolute atomic E-state index is 12.8. The molecule has 1 N–H and O–H groups in total. The Hall–Kier alpha value is -1.09. The zero-order valence-electron chi connectivity index (χ0n) is 8.03. The maximum Gasteiger partial charge on any atom is 0.125 e. The molecule has 1 aromatic carbocycles. The Kier molecular flexibility index (Phi) is 2.42. The molecule has 0 aliphatic carbocycles. The molecule has 0 radical (unpaired) electrons. The maximum atomic E-state index is 12.8. The Balaban J connectivity index is 2.23. The number of ether oxygens (including phenoxy) is 1. The van der Waals surface area contributed by atoms with Crippen LogP contribution in [0.4, 0.5) is 4.39 Å². The monoisotopic (exact) mass is 196 g/mol. The van der Waals surface area contributed by atoms with E-state index in [1.165, 1.54) is 12.1 Å². The summed E-state index contributed by atoms with van der Waals surface area (Å²) in [7, 11) is 0. The largest absolute Gasteiger partial charge is 0.487 e. The highest BCUT2D eigenvalue weighted by atomic mass is 19.1. The van der Waals surface area contributed by atoms with Crippen molar-refractivity contribution in [3.8, 4) is 5.75 Å². The van der Waals surface area contributed by atoms with E-state index in [1.54, 1.807) is 13.0 Å². The van der Waals surface area contributed by atoms with Crippen LogP contribution in [0.3, 0.4) is 0 Å². The standard InChI is InChI=1S/C11H13FO2/c1-7(13)10-4-2-8-6-9(12)3-5-11(8)14-10/h3,5-7,10,13H,2,4H2,1H3. The number of aryl methyl sites for hydroxylation is 1. The van der Waals surface area contributed by atoms with E-state index in [2.05, 4.69) is 0 Å². The molecular formula is C11H13FO2. The third-order valence-electron chi connectivity index (χ3n) is 2.54. The van der Waals surface area contributed by atoms with Gasteiger partial charge in [-0.25, -0.2) is 4.39 Å². The van der Waals surface area contributed by atoms with Crippen LogP contribution in [0.2, 0.25) is 0 Å². The fourth-order valence-electron chi connectivity index (χ4n) is 1.72. The molecule has 0 aromatic heterocycles. The van der Waals surface area contributed by atoms with Crippen LogP contribution in [0, 0.1) is 5.82 Å². The topological polar surface area (TPSA) is 29.5 Å². The fourth-order valence-corrected chi connectivity index (χ4v) is 1.72. The molecule has 1 aliphatic heterocycles. The lowest BCUT2D eigenvalue weighted by Crippen LogP contribution is -2.32. The van der Waals surface area contributed by atoms with Crippen LogP contribution in [-0.2, 0) is 6.42 Å². The first kappa shape index (κ1) is 9.46. The van der Waals surface area contributed by atoms with Crippen LogP contribution in [0.5, 0.6) is 5.75 Å². The Morgan fingerprint density at radius 2 is 2.36 bits per heavy atom. The second-order valence-corrected chi connectivity index (χ2v) is 3.69. The molecule has 2 unspecified atom stereocenters. The summed E-state index contributed by atoms with van der Waals surface area (Å²) in [5.41, 5.74) is 0.891. The van der Waals surface area contributed by atoms with E-state index in [9.17, 15) is 9.50 Å². The van der Waals surface area contributed by atoms with Gasteiger partial charge in [0.1, 0.15) is 17.7 Å². The fraction of sp³-hybridized carbons (Fsp3) is 0.455. The molecular weight excluding hydrogens is 183 g/mol. The number of aliphatic hydroxyl groups is 1. The summed E-state index contributed by atoms with van der Waals surface area (Å²) >= 11 is 0. The van der Waals surface area contributed by atoms with Crippen molar-refractivity contribution >= 4 is 0 Å². The average molecular weight is 196 g/mol. The van der Waals surface area contributed by atoms with Gasteiger partial charge in [-0.1, -0.05) is 0 Å². The van der Waals surface area contributed by atoms with Gasteiger partial charge in [0.25, 0.3) is 0 Å². The number of aliphatic hydroxyl groups excluding tert-OH is 1. The molecule has 2 nitrogen and oxygen atoms in total. The number of hydrogen-bond donors (Lipinski definition) is 1. The van der Waals surface area contributed by atoms with Crippen molar-refractivity contribution in [2.75, 3.05) is 0 Å². The average Bonchev–Trinajstić information content (AvgIpc) is 2.16. The molecule has 2 rings (SSSR count). The lowest BCUT2D eigenvalue weighted by atomic mass is 10.00. The second kappa shape index (κ2) is 3.58. The van der Waals surface area contributed by atoms with E-state index in [-0.39, 0.29) is 11.9 Å². The minimum atomic E-state index is -0.479. The van der Waals surface area contributed by atoms with E-state index >= 15 is 0 Å². The summed E-state index contributed by atoms with van der Waals surface area (Å²) in [6, 6.07) is 4.50. The smallest absolute Gasteiger partial charge is 0.125 e. The van der Waals surface area contributed by atoms with Crippen LogP contribution in [-0.4, -0.2) is 17.3 Å². The van der Waals surface area contributed by atoms with Crippen LogP contribution in [0.25, 0.3) is 0 Å².